The summed E-state index contributed by atoms with van der Waals surface area (Å²) in [7, 11) is 0. The summed E-state index contributed by atoms with van der Waals surface area (Å²) in [5.74, 6) is -1.04. The highest BCUT2D eigenvalue weighted by molar-refractivity contribution is 6.09. The third kappa shape index (κ3) is 4.95. The summed E-state index contributed by atoms with van der Waals surface area (Å²) in [6, 6.07) is 5.19. The van der Waals surface area contributed by atoms with Gasteiger partial charge in [0.15, 0.2) is 0 Å². The first-order chi connectivity index (χ1) is 13.6. The SMILES string of the molecule is CC(C)(C)CC(NC(=O)CN1C(=O)NC2(CCCCC2)C1=O)c1ccc(F)cc1. The van der Waals surface area contributed by atoms with E-state index in [-0.39, 0.29) is 29.7 Å². The second-order valence-electron chi connectivity index (χ2n) is 9.40. The van der Waals surface area contributed by atoms with Gasteiger partial charge in [0.2, 0.25) is 5.91 Å². The van der Waals surface area contributed by atoms with Crippen molar-refractivity contribution in [1.82, 2.24) is 15.5 Å². The third-order valence-electron chi connectivity index (χ3n) is 5.68. The summed E-state index contributed by atoms with van der Waals surface area (Å²) in [4.78, 5) is 39.0. The van der Waals surface area contributed by atoms with Gasteiger partial charge >= 0.3 is 6.03 Å². The van der Waals surface area contributed by atoms with Crippen LogP contribution in [0.15, 0.2) is 24.3 Å². The van der Waals surface area contributed by atoms with Crippen molar-refractivity contribution in [3.05, 3.63) is 35.6 Å². The molecule has 1 heterocycles. The average molecular weight is 403 g/mol. The normalized spacial score (nSPS) is 19.9. The molecule has 0 bridgehead atoms. The number of rotatable bonds is 5. The van der Waals surface area contributed by atoms with Crippen LogP contribution in [0.4, 0.5) is 9.18 Å². The van der Waals surface area contributed by atoms with Gasteiger partial charge in [-0.3, -0.25) is 14.5 Å². The third-order valence-corrected chi connectivity index (χ3v) is 5.68. The number of nitrogens with zero attached hydrogens (tertiary/aromatic N) is 1. The molecule has 1 saturated heterocycles. The summed E-state index contributed by atoms with van der Waals surface area (Å²) < 4.78 is 13.3. The van der Waals surface area contributed by atoms with Crippen molar-refractivity contribution in [3.8, 4) is 0 Å². The summed E-state index contributed by atoms with van der Waals surface area (Å²) in [5.41, 5.74) is -0.132. The molecule has 1 aromatic rings. The van der Waals surface area contributed by atoms with E-state index in [0.29, 0.717) is 19.3 Å². The van der Waals surface area contributed by atoms with Crippen LogP contribution in [0, 0.1) is 11.2 Å². The molecule has 2 fully saturated rings. The zero-order valence-electron chi connectivity index (χ0n) is 17.4. The van der Waals surface area contributed by atoms with Gasteiger partial charge in [0.05, 0.1) is 6.04 Å². The molecule has 1 unspecified atom stereocenters. The number of carbonyl (C=O) groups is 3. The Kier molecular flexibility index (Phi) is 5.96. The van der Waals surface area contributed by atoms with Gasteiger partial charge in [-0.2, -0.15) is 0 Å². The summed E-state index contributed by atoms with van der Waals surface area (Å²) in [5, 5.41) is 5.75. The van der Waals surface area contributed by atoms with Crippen LogP contribution < -0.4 is 10.6 Å². The lowest BCUT2D eigenvalue weighted by Gasteiger charge is -2.30. The Bertz CT molecular complexity index is 779. The quantitative estimate of drug-likeness (QED) is 0.736. The predicted octanol–water partition coefficient (Wildman–Crippen LogP) is 3.67. The molecule has 158 valence electrons. The van der Waals surface area contributed by atoms with E-state index in [4.69, 9.17) is 0 Å². The van der Waals surface area contributed by atoms with E-state index in [9.17, 15) is 18.8 Å². The average Bonchev–Trinajstić information content (AvgIpc) is 2.85. The molecular weight excluding hydrogens is 373 g/mol. The molecule has 0 aromatic heterocycles. The van der Waals surface area contributed by atoms with Crippen LogP contribution >= 0.6 is 0 Å². The molecule has 0 radical (unpaired) electrons. The van der Waals surface area contributed by atoms with Crippen LogP contribution in [0.25, 0.3) is 0 Å². The van der Waals surface area contributed by atoms with E-state index >= 15 is 0 Å². The fraction of sp³-hybridized carbons (Fsp3) is 0.591. The van der Waals surface area contributed by atoms with Crippen molar-refractivity contribution in [3.63, 3.8) is 0 Å². The Balaban J connectivity index is 1.70. The second-order valence-corrected chi connectivity index (χ2v) is 9.40. The fourth-order valence-electron chi connectivity index (χ4n) is 4.26. The molecule has 1 aliphatic carbocycles. The maximum absolute atomic E-state index is 13.3. The molecule has 2 aliphatic rings. The summed E-state index contributed by atoms with van der Waals surface area (Å²) >= 11 is 0. The van der Waals surface area contributed by atoms with Gasteiger partial charge in [-0.15, -0.1) is 0 Å². The number of hydrogen-bond acceptors (Lipinski definition) is 3. The van der Waals surface area contributed by atoms with Crippen LogP contribution in [0.1, 0.15) is 70.9 Å². The van der Waals surface area contributed by atoms with Crippen LogP contribution in [0.2, 0.25) is 0 Å². The molecule has 3 rings (SSSR count). The molecule has 1 aromatic carbocycles. The number of benzene rings is 1. The van der Waals surface area contributed by atoms with Crippen molar-refractivity contribution >= 4 is 17.8 Å². The minimum atomic E-state index is -0.836. The Morgan fingerprint density at radius 1 is 1.17 bits per heavy atom. The highest BCUT2D eigenvalue weighted by Crippen LogP contribution is 2.34. The molecule has 1 saturated carbocycles. The topological polar surface area (TPSA) is 78.5 Å². The highest BCUT2D eigenvalue weighted by Gasteiger charge is 2.51. The minimum Gasteiger partial charge on any atom is -0.348 e. The van der Waals surface area contributed by atoms with E-state index in [1.54, 1.807) is 12.1 Å². The van der Waals surface area contributed by atoms with E-state index < -0.39 is 17.5 Å². The standard InChI is InChI=1S/C22H30FN3O3/c1-21(2,3)13-17(15-7-9-16(23)10-8-15)24-18(27)14-26-19(28)22(25-20(26)29)11-5-4-6-12-22/h7-10,17H,4-6,11-14H2,1-3H3,(H,24,27)(H,25,29). The van der Waals surface area contributed by atoms with Crippen LogP contribution in [-0.2, 0) is 9.59 Å². The van der Waals surface area contributed by atoms with E-state index in [1.807, 2.05) is 0 Å². The first-order valence-corrected chi connectivity index (χ1v) is 10.3. The minimum absolute atomic E-state index is 0.0840. The number of amides is 4. The number of halogens is 1. The molecule has 1 aliphatic heterocycles. The zero-order chi connectivity index (χ0) is 21.2. The fourth-order valence-corrected chi connectivity index (χ4v) is 4.26. The lowest BCUT2D eigenvalue weighted by atomic mass is 9.82. The first kappa shape index (κ1) is 21.3. The van der Waals surface area contributed by atoms with Gasteiger partial charge in [0.1, 0.15) is 17.9 Å². The molecule has 6 nitrogen and oxygen atoms in total. The van der Waals surface area contributed by atoms with Crippen molar-refractivity contribution < 1.29 is 18.8 Å². The molecular formula is C22H30FN3O3. The maximum Gasteiger partial charge on any atom is 0.325 e. The van der Waals surface area contributed by atoms with Gasteiger partial charge in [0, 0.05) is 0 Å². The van der Waals surface area contributed by atoms with Crippen LogP contribution in [0.5, 0.6) is 0 Å². The number of hydrogen-bond donors (Lipinski definition) is 2. The molecule has 4 amide bonds. The predicted molar refractivity (Wildman–Crippen MR) is 107 cm³/mol. The van der Waals surface area contributed by atoms with E-state index in [1.165, 1.54) is 12.1 Å². The molecule has 29 heavy (non-hydrogen) atoms. The largest absolute Gasteiger partial charge is 0.348 e. The Morgan fingerprint density at radius 3 is 2.38 bits per heavy atom. The lowest BCUT2D eigenvalue weighted by molar-refractivity contribution is -0.136. The van der Waals surface area contributed by atoms with Gasteiger partial charge in [0.25, 0.3) is 5.91 Å². The maximum atomic E-state index is 13.3. The second kappa shape index (κ2) is 8.13. The van der Waals surface area contributed by atoms with Crippen LogP contribution in [0.3, 0.4) is 0 Å². The van der Waals surface area contributed by atoms with Gasteiger partial charge in [-0.25, -0.2) is 9.18 Å². The van der Waals surface area contributed by atoms with Crippen molar-refractivity contribution in [2.24, 2.45) is 5.41 Å². The van der Waals surface area contributed by atoms with E-state index in [2.05, 4.69) is 31.4 Å². The van der Waals surface area contributed by atoms with Crippen molar-refractivity contribution in [2.75, 3.05) is 6.54 Å². The van der Waals surface area contributed by atoms with E-state index in [0.717, 1.165) is 29.7 Å². The van der Waals surface area contributed by atoms with Crippen molar-refractivity contribution in [1.29, 1.82) is 0 Å². The molecule has 2 N–H and O–H groups in total. The van der Waals surface area contributed by atoms with Crippen molar-refractivity contribution in [2.45, 2.75) is 70.9 Å². The molecule has 7 heteroatoms. The van der Waals surface area contributed by atoms with Gasteiger partial charge in [-0.05, 0) is 42.4 Å². The Morgan fingerprint density at radius 2 is 1.79 bits per heavy atom. The number of nitrogens with one attached hydrogen (secondary N) is 2. The highest BCUT2D eigenvalue weighted by atomic mass is 19.1. The Labute approximate surface area is 171 Å². The smallest absolute Gasteiger partial charge is 0.325 e. The zero-order valence-corrected chi connectivity index (χ0v) is 17.4. The van der Waals surface area contributed by atoms with Crippen LogP contribution in [-0.4, -0.2) is 34.8 Å². The molecule has 1 spiro atoms. The first-order valence-electron chi connectivity index (χ1n) is 10.3. The van der Waals surface area contributed by atoms with Gasteiger partial charge < -0.3 is 10.6 Å². The summed E-state index contributed by atoms with van der Waals surface area (Å²) in [6.45, 7) is 5.86. The Hall–Kier alpha value is -2.44. The monoisotopic (exact) mass is 403 g/mol. The summed E-state index contributed by atoms with van der Waals surface area (Å²) in [6.07, 6.45) is 4.72. The molecule has 1 atom stereocenters. The number of urea groups is 1. The number of imide groups is 1. The lowest BCUT2D eigenvalue weighted by Crippen LogP contribution is -2.49. The number of carbonyl (C=O) groups excluding carboxylic acids is 3. The van der Waals surface area contributed by atoms with Gasteiger partial charge in [-0.1, -0.05) is 52.2 Å².